The van der Waals surface area contributed by atoms with Crippen LogP contribution in [-0.2, 0) is 16.6 Å². The number of aromatic hydroxyl groups is 1. The van der Waals surface area contributed by atoms with Gasteiger partial charge in [0.2, 0.25) is 0 Å². The van der Waals surface area contributed by atoms with Crippen LogP contribution in [0.2, 0.25) is 0 Å². The van der Waals surface area contributed by atoms with E-state index in [1.165, 1.54) is 38.8 Å². The third kappa shape index (κ3) is 2.90. The number of benzene rings is 1. The molecule has 8 heteroatoms. The van der Waals surface area contributed by atoms with E-state index in [2.05, 4.69) is 10.1 Å². The monoisotopic (exact) mass is 334 g/mol. The van der Waals surface area contributed by atoms with Gasteiger partial charge in [-0.3, -0.25) is 9.59 Å². The minimum Gasteiger partial charge on any atom is -0.506 e. The summed E-state index contributed by atoms with van der Waals surface area (Å²) in [6, 6.07) is 3.80. The molecule has 0 aliphatic rings. The Morgan fingerprint density at radius 3 is 2.54 bits per heavy atom. The minimum atomic E-state index is -0.965. The largest absolute Gasteiger partial charge is 0.506 e. The number of methoxy groups -OCH3 is 2. The molecule has 0 spiro atoms. The Morgan fingerprint density at radius 2 is 1.96 bits per heavy atom. The average molecular weight is 334 g/mol. The highest BCUT2D eigenvalue weighted by atomic mass is 16.5. The Labute approximate surface area is 137 Å². The van der Waals surface area contributed by atoms with E-state index >= 15 is 0 Å². The van der Waals surface area contributed by atoms with E-state index in [-0.39, 0.29) is 5.39 Å². The van der Waals surface area contributed by atoms with Crippen molar-refractivity contribution < 1.29 is 24.2 Å². The molecular formula is C16H18N2O6. The quantitative estimate of drug-likeness (QED) is 0.791. The number of aryl methyl sites for hydroxylation is 1. The van der Waals surface area contributed by atoms with Crippen LogP contribution in [0.25, 0.3) is 10.9 Å². The van der Waals surface area contributed by atoms with Crippen LogP contribution in [0.1, 0.15) is 17.3 Å². The molecule has 2 rings (SSSR count). The lowest BCUT2D eigenvalue weighted by atomic mass is 10.1. The zero-order valence-electron chi connectivity index (χ0n) is 13.7. The van der Waals surface area contributed by atoms with Gasteiger partial charge in [0, 0.05) is 12.4 Å². The highest BCUT2D eigenvalue weighted by Crippen LogP contribution is 2.29. The number of carbonyl (C=O) groups is 2. The van der Waals surface area contributed by atoms with Gasteiger partial charge >= 0.3 is 5.97 Å². The fraction of sp³-hybridized carbons (Fsp3) is 0.312. The van der Waals surface area contributed by atoms with E-state index in [1.54, 1.807) is 12.1 Å². The van der Waals surface area contributed by atoms with Crippen LogP contribution in [-0.4, -0.2) is 41.8 Å². The average Bonchev–Trinajstić information content (AvgIpc) is 2.58. The van der Waals surface area contributed by atoms with E-state index in [0.717, 1.165) is 0 Å². The van der Waals surface area contributed by atoms with Gasteiger partial charge in [0.25, 0.3) is 11.5 Å². The van der Waals surface area contributed by atoms with Crippen molar-refractivity contribution in [3.63, 3.8) is 0 Å². The van der Waals surface area contributed by atoms with Gasteiger partial charge in [0.15, 0.2) is 0 Å². The summed E-state index contributed by atoms with van der Waals surface area (Å²) in [5, 5.41) is 13.0. The van der Waals surface area contributed by atoms with Gasteiger partial charge in [-0.05, 0) is 25.1 Å². The molecule has 0 radical (unpaired) electrons. The molecule has 2 N–H and O–H groups in total. The van der Waals surface area contributed by atoms with Crippen molar-refractivity contribution in [2.24, 2.45) is 7.05 Å². The normalized spacial score (nSPS) is 11.8. The summed E-state index contributed by atoms with van der Waals surface area (Å²) in [7, 11) is 4.13. The van der Waals surface area contributed by atoms with Gasteiger partial charge in [0.1, 0.15) is 23.1 Å². The maximum absolute atomic E-state index is 12.4. The molecule has 1 aromatic carbocycles. The van der Waals surface area contributed by atoms with E-state index in [4.69, 9.17) is 4.74 Å². The van der Waals surface area contributed by atoms with Gasteiger partial charge in [-0.15, -0.1) is 0 Å². The van der Waals surface area contributed by atoms with Crippen molar-refractivity contribution in [3.8, 4) is 11.5 Å². The summed E-state index contributed by atoms with van der Waals surface area (Å²) in [5.41, 5.74) is -0.690. The molecule has 1 aromatic heterocycles. The number of amides is 1. The molecule has 0 fully saturated rings. The SMILES string of the molecule is COC(=O)[C@H](C)NC(=O)c1c(O)c2cc(OC)ccc2n(C)c1=O. The molecule has 1 heterocycles. The first-order valence-corrected chi connectivity index (χ1v) is 7.10. The summed E-state index contributed by atoms with van der Waals surface area (Å²) in [6.45, 7) is 1.41. The number of fused-ring (bicyclic) bond motifs is 1. The zero-order chi connectivity index (χ0) is 18.0. The molecule has 8 nitrogen and oxygen atoms in total. The summed E-state index contributed by atoms with van der Waals surface area (Å²) in [5.74, 6) is -1.54. The molecule has 128 valence electrons. The van der Waals surface area contributed by atoms with Crippen LogP contribution in [0.5, 0.6) is 11.5 Å². The van der Waals surface area contributed by atoms with Crippen molar-refractivity contribution in [2.75, 3.05) is 14.2 Å². The summed E-state index contributed by atoms with van der Waals surface area (Å²) in [6.07, 6.45) is 0. The molecule has 24 heavy (non-hydrogen) atoms. The molecule has 0 aliphatic heterocycles. The number of hydrogen-bond donors (Lipinski definition) is 2. The Hall–Kier alpha value is -3.03. The molecule has 1 atom stereocenters. The molecule has 0 unspecified atom stereocenters. The Kier molecular flexibility index (Phi) is 4.77. The van der Waals surface area contributed by atoms with E-state index in [0.29, 0.717) is 11.3 Å². The second-order valence-electron chi connectivity index (χ2n) is 5.19. The van der Waals surface area contributed by atoms with Gasteiger partial charge in [0.05, 0.1) is 19.7 Å². The first kappa shape index (κ1) is 17.3. The predicted octanol–water partition coefficient (Wildman–Crippen LogP) is 0.544. The van der Waals surface area contributed by atoms with E-state index < -0.39 is 34.8 Å². The molecule has 0 saturated heterocycles. The maximum Gasteiger partial charge on any atom is 0.328 e. The van der Waals surface area contributed by atoms with Crippen molar-refractivity contribution in [3.05, 3.63) is 34.1 Å². The summed E-state index contributed by atoms with van der Waals surface area (Å²) in [4.78, 5) is 36.2. The lowest BCUT2D eigenvalue weighted by Gasteiger charge is -2.15. The first-order valence-electron chi connectivity index (χ1n) is 7.10. The molecule has 0 bridgehead atoms. The molecule has 1 amide bonds. The van der Waals surface area contributed by atoms with Crippen molar-refractivity contribution >= 4 is 22.8 Å². The molecular weight excluding hydrogens is 316 g/mol. The number of nitrogens with one attached hydrogen (secondary N) is 1. The van der Waals surface area contributed by atoms with Crippen LogP contribution in [0.4, 0.5) is 0 Å². The van der Waals surface area contributed by atoms with E-state index in [1.807, 2.05) is 0 Å². The molecule has 2 aromatic rings. The second kappa shape index (κ2) is 6.61. The molecule has 0 saturated carbocycles. The van der Waals surface area contributed by atoms with Gasteiger partial charge < -0.3 is 24.5 Å². The summed E-state index contributed by atoms with van der Waals surface area (Å²) >= 11 is 0. The smallest absolute Gasteiger partial charge is 0.328 e. The lowest BCUT2D eigenvalue weighted by molar-refractivity contribution is -0.142. The third-order valence-corrected chi connectivity index (χ3v) is 3.70. The Morgan fingerprint density at radius 1 is 1.29 bits per heavy atom. The Bertz CT molecular complexity index is 871. The minimum absolute atomic E-state index is 0.285. The van der Waals surface area contributed by atoms with Gasteiger partial charge in [-0.2, -0.15) is 0 Å². The van der Waals surface area contributed by atoms with Gasteiger partial charge in [-0.25, -0.2) is 4.79 Å². The standard InChI is InChI=1S/C16H18N2O6/c1-8(16(22)24-4)17-14(20)12-13(19)10-7-9(23-3)5-6-11(10)18(2)15(12)21/h5-8,19H,1-4H3,(H,17,20)/t8-/m0/s1. The highest BCUT2D eigenvalue weighted by molar-refractivity contribution is 6.03. The fourth-order valence-electron chi connectivity index (χ4n) is 2.35. The van der Waals surface area contributed by atoms with Crippen LogP contribution in [0, 0.1) is 0 Å². The van der Waals surface area contributed by atoms with Crippen molar-refractivity contribution in [2.45, 2.75) is 13.0 Å². The van der Waals surface area contributed by atoms with Crippen LogP contribution in [0.3, 0.4) is 0 Å². The maximum atomic E-state index is 12.4. The van der Waals surface area contributed by atoms with Gasteiger partial charge in [-0.1, -0.05) is 0 Å². The number of esters is 1. The zero-order valence-corrected chi connectivity index (χ0v) is 13.7. The topological polar surface area (TPSA) is 107 Å². The number of ether oxygens (including phenoxy) is 2. The third-order valence-electron chi connectivity index (χ3n) is 3.70. The van der Waals surface area contributed by atoms with E-state index in [9.17, 15) is 19.5 Å². The number of hydrogen-bond acceptors (Lipinski definition) is 6. The number of pyridine rings is 1. The van der Waals surface area contributed by atoms with Crippen LogP contribution < -0.4 is 15.6 Å². The first-order chi connectivity index (χ1) is 11.3. The number of aromatic nitrogens is 1. The number of rotatable bonds is 4. The van der Waals surface area contributed by atoms with Crippen LogP contribution >= 0.6 is 0 Å². The van der Waals surface area contributed by atoms with Crippen LogP contribution in [0.15, 0.2) is 23.0 Å². The lowest BCUT2D eigenvalue weighted by Crippen LogP contribution is -2.41. The summed E-state index contributed by atoms with van der Waals surface area (Å²) < 4.78 is 10.9. The fourth-order valence-corrected chi connectivity index (χ4v) is 2.35. The molecule has 0 aliphatic carbocycles. The Balaban J connectivity index is 2.60. The predicted molar refractivity (Wildman–Crippen MR) is 86.4 cm³/mol. The van der Waals surface area contributed by atoms with Crippen molar-refractivity contribution in [1.29, 1.82) is 0 Å². The number of nitrogens with zero attached hydrogens (tertiary/aromatic N) is 1. The highest BCUT2D eigenvalue weighted by Gasteiger charge is 2.24. The second-order valence-corrected chi connectivity index (χ2v) is 5.19. The number of carbonyl (C=O) groups excluding carboxylic acids is 2. The van der Waals surface area contributed by atoms with Crippen molar-refractivity contribution in [1.82, 2.24) is 9.88 Å².